The van der Waals surface area contributed by atoms with E-state index in [1.54, 1.807) is 7.11 Å². The van der Waals surface area contributed by atoms with E-state index in [1.165, 1.54) is 18.2 Å². The van der Waals surface area contributed by atoms with Crippen LogP contribution in [0.15, 0.2) is 59.5 Å². The standard InChI is InChI=1S/C24H29NO4S/c1-28-20-12-14-21(15-13-20)30-23(26)16-22(19-10-6-3-7-11-19)25-24(27)29-17-18-8-4-2-5-9-18/h2,4-5,8-9,12-15,19,22H,3,6-7,10-11,16-17H2,1H3,(H,25,27)/t22-/m1/s1. The van der Waals surface area contributed by atoms with Crippen LogP contribution in [-0.4, -0.2) is 24.4 Å². The van der Waals surface area contributed by atoms with E-state index >= 15 is 0 Å². The quantitative estimate of drug-likeness (QED) is 0.557. The highest BCUT2D eigenvalue weighted by Gasteiger charge is 2.28. The number of nitrogens with one attached hydrogen (secondary N) is 1. The number of methoxy groups -OCH3 is 1. The average molecular weight is 428 g/mol. The van der Waals surface area contributed by atoms with Gasteiger partial charge in [0.05, 0.1) is 7.11 Å². The van der Waals surface area contributed by atoms with Crippen LogP contribution in [0.25, 0.3) is 0 Å². The van der Waals surface area contributed by atoms with Gasteiger partial charge in [-0.05, 0) is 48.6 Å². The summed E-state index contributed by atoms with van der Waals surface area (Å²) in [6.07, 6.45) is 5.40. The minimum absolute atomic E-state index is 0.0408. The minimum Gasteiger partial charge on any atom is -0.497 e. The summed E-state index contributed by atoms with van der Waals surface area (Å²) in [5.74, 6) is 1.07. The number of hydrogen-bond donors (Lipinski definition) is 1. The maximum absolute atomic E-state index is 12.7. The number of hydrogen-bond acceptors (Lipinski definition) is 5. The van der Waals surface area contributed by atoms with Crippen molar-refractivity contribution in [3.63, 3.8) is 0 Å². The Morgan fingerprint density at radius 3 is 2.40 bits per heavy atom. The third kappa shape index (κ3) is 7.10. The molecule has 30 heavy (non-hydrogen) atoms. The Bertz CT molecular complexity index is 804. The van der Waals surface area contributed by atoms with Gasteiger partial charge >= 0.3 is 6.09 Å². The Hall–Kier alpha value is -2.47. The highest BCUT2D eigenvalue weighted by molar-refractivity contribution is 8.13. The second-order valence-electron chi connectivity index (χ2n) is 7.56. The van der Waals surface area contributed by atoms with Gasteiger partial charge < -0.3 is 14.8 Å². The molecule has 6 heteroatoms. The van der Waals surface area contributed by atoms with Crippen LogP contribution in [-0.2, 0) is 16.1 Å². The molecule has 1 fully saturated rings. The smallest absolute Gasteiger partial charge is 0.407 e. The molecule has 3 rings (SSSR count). The average Bonchev–Trinajstić information content (AvgIpc) is 2.79. The van der Waals surface area contributed by atoms with Gasteiger partial charge in [0.25, 0.3) is 0 Å². The van der Waals surface area contributed by atoms with Crippen LogP contribution >= 0.6 is 11.8 Å². The third-order valence-corrected chi connectivity index (χ3v) is 6.31. The summed E-state index contributed by atoms with van der Waals surface area (Å²) in [6.45, 7) is 0.221. The molecule has 0 aliphatic heterocycles. The van der Waals surface area contributed by atoms with Gasteiger partial charge in [0.1, 0.15) is 12.4 Å². The molecule has 0 unspecified atom stereocenters. The van der Waals surface area contributed by atoms with Crippen molar-refractivity contribution in [2.75, 3.05) is 7.11 Å². The second kappa shape index (κ2) is 11.6. The summed E-state index contributed by atoms with van der Waals surface area (Å²) in [7, 11) is 1.62. The van der Waals surface area contributed by atoms with Gasteiger partial charge in [-0.25, -0.2) is 4.79 Å². The number of carbonyl (C=O) groups is 2. The lowest BCUT2D eigenvalue weighted by atomic mass is 9.83. The maximum Gasteiger partial charge on any atom is 0.407 e. The summed E-state index contributed by atoms with van der Waals surface area (Å²) in [6, 6.07) is 16.8. The number of carbonyl (C=O) groups excluding carboxylic acids is 2. The van der Waals surface area contributed by atoms with Crippen molar-refractivity contribution >= 4 is 23.0 Å². The Balaban J connectivity index is 1.56. The molecule has 0 aromatic heterocycles. The summed E-state index contributed by atoms with van der Waals surface area (Å²) < 4.78 is 10.6. The van der Waals surface area contributed by atoms with Gasteiger partial charge in [-0.15, -0.1) is 0 Å². The molecule has 5 nitrogen and oxygen atoms in total. The van der Waals surface area contributed by atoms with Crippen LogP contribution in [0, 0.1) is 5.92 Å². The summed E-state index contributed by atoms with van der Waals surface area (Å²) in [4.78, 5) is 26.0. The maximum atomic E-state index is 12.7. The van der Waals surface area contributed by atoms with Crippen molar-refractivity contribution in [3.8, 4) is 5.75 Å². The molecule has 2 aromatic rings. The van der Waals surface area contributed by atoms with Crippen LogP contribution < -0.4 is 10.1 Å². The summed E-state index contributed by atoms with van der Waals surface area (Å²) in [5, 5.41) is 3.02. The normalized spacial score (nSPS) is 15.2. The minimum atomic E-state index is -0.461. The molecule has 1 atom stereocenters. The molecule has 1 N–H and O–H groups in total. The van der Waals surface area contributed by atoms with Crippen LogP contribution in [0.1, 0.15) is 44.1 Å². The van der Waals surface area contributed by atoms with Crippen molar-refractivity contribution in [1.29, 1.82) is 0 Å². The fraction of sp³-hybridized carbons (Fsp3) is 0.417. The fourth-order valence-electron chi connectivity index (χ4n) is 3.78. The Morgan fingerprint density at radius 2 is 1.73 bits per heavy atom. The van der Waals surface area contributed by atoms with Crippen molar-refractivity contribution in [3.05, 3.63) is 60.2 Å². The first-order valence-electron chi connectivity index (χ1n) is 10.5. The lowest BCUT2D eigenvalue weighted by Crippen LogP contribution is -2.42. The second-order valence-corrected chi connectivity index (χ2v) is 8.70. The van der Waals surface area contributed by atoms with Gasteiger partial charge in [0.2, 0.25) is 0 Å². The molecule has 1 aliphatic carbocycles. The molecule has 1 saturated carbocycles. The van der Waals surface area contributed by atoms with Gasteiger partial charge in [0, 0.05) is 17.4 Å². The van der Waals surface area contributed by atoms with E-state index in [0.717, 1.165) is 41.9 Å². The van der Waals surface area contributed by atoms with Crippen LogP contribution in [0.2, 0.25) is 0 Å². The molecule has 0 spiro atoms. The molecule has 0 heterocycles. The highest BCUT2D eigenvalue weighted by atomic mass is 32.2. The lowest BCUT2D eigenvalue weighted by Gasteiger charge is -2.30. The van der Waals surface area contributed by atoms with Crippen molar-refractivity contribution < 1.29 is 19.1 Å². The van der Waals surface area contributed by atoms with E-state index in [2.05, 4.69) is 5.32 Å². The first-order valence-corrected chi connectivity index (χ1v) is 11.3. The first kappa shape index (κ1) is 22.2. The van der Waals surface area contributed by atoms with E-state index < -0.39 is 6.09 Å². The summed E-state index contributed by atoms with van der Waals surface area (Å²) in [5.41, 5.74) is 0.938. The molecular formula is C24H29NO4S. The molecule has 160 valence electrons. The van der Waals surface area contributed by atoms with E-state index in [-0.39, 0.29) is 17.8 Å². The predicted molar refractivity (Wildman–Crippen MR) is 119 cm³/mol. The van der Waals surface area contributed by atoms with Gasteiger partial charge in [-0.1, -0.05) is 61.4 Å². The number of rotatable bonds is 8. The molecule has 0 radical (unpaired) electrons. The first-order chi connectivity index (χ1) is 14.6. The fourth-order valence-corrected chi connectivity index (χ4v) is 4.58. The number of alkyl carbamates (subject to hydrolysis) is 1. The molecular weight excluding hydrogens is 398 g/mol. The van der Waals surface area contributed by atoms with Crippen LogP contribution in [0.4, 0.5) is 4.79 Å². The van der Waals surface area contributed by atoms with Crippen molar-refractivity contribution in [1.82, 2.24) is 5.32 Å². The Kier molecular flexibility index (Phi) is 8.63. The van der Waals surface area contributed by atoms with Crippen molar-refractivity contribution in [2.45, 2.75) is 56.1 Å². The summed E-state index contributed by atoms with van der Waals surface area (Å²) >= 11 is 1.21. The van der Waals surface area contributed by atoms with E-state index in [4.69, 9.17) is 9.47 Å². The SMILES string of the molecule is COc1ccc(SC(=O)C[C@@H](NC(=O)OCc2ccccc2)C2CCCCC2)cc1. The van der Waals surface area contributed by atoms with Gasteiger partial charge in [-0.2, -0.15) is 0 Å². The van der Waals surface area contributed by atoms with Gasteiger partial charge in [0.15, 0.2) is 5.12 Å². The van der Waals surface area contributed by atoms with Crippen LogP contribution in [0.5, 0.6) is 5.75 Å². The molecule has 1 amide bonds. The zero-order valence-electron chi connectivity index (χ0n) is 17.3. The zero-order chi connectivity index (χ0) is 21.2. The molecule has 0 saturated heterocycles. The third-order valence-electron chi connectivity index (χ3n) is 5.41. The van der Waals surface area contributed by atoms with Crippen molar-refractivity contribution in [2.24, 2.45) is 5.92 Å². The van der Waals surface area contributed by atoms with E-state index in [0.29, 0.717) is 12.3 Å². The number of thioether (sulfide) groups is 1. The number of benzene rings is 2. The monoisotopic (exact) mass is 427 g/mol. The molecule has 0 bridgehead atoms. The largest absolute Gasteiger partial charge is 0.497 e. The molecule has 1 aliphatic rings. The Morgan fingerprint density at radius 1 is 1.03 bits per heavy atom. The highest BCUT2D eigenvalue weighted by Crippen LogP contribution is 2.30. The lowest BCUT2D eigenvalue weighted by molar-refractivity contribution is -0.111. The zero-order valence-corrected chi connectivity index (χ0v) is 18.2. The molecule has 2 aromatic carbocycles. The number of ether oxygens (including phenoxy) is 2. The van der Waals surface area contributed by atoms with Gasteiger partial charge in [-0.3, -0.25) is 4.79 Å². The van der Waals surface area contributed by atoms with Crippen LogP contribution in [0.3, 0.4) is 0 Å². The van der Waals surface area contributed by atoms with E-state index in [1.807, 2.05) is 54.6 Å². The van der Waals surface area contributed by atoms with E-state index in [9.17, 15) is 9.59 Å². The Labute approximate surface area is 182 Å². The predicted octanol–water partition coefficient (Wildman–Crippen LogP) is 5.58. The number of amides is 1. The topological polar surface area (TPSA) is 64.6 Å².